The first-order valence-electron chi connectivity index (χ1n) is 30.3. The van der Waals surface area contributed by atoms with Crippen LogP contribution >= 0.6 is 34.0 Å². The van der Waals surface area contributed by atoms with Crippen molar-refractivity contribution in [1.82, 2.24) is 39.6 Å². The Morgan fingerprint density at radius 2 is 0.767 bits per heavy atom. The van der Waals surface area contributed by atoms with Crippen LogP contribution in [-0.2, 0) is 24.1 Å². The first kappa shape index (κ1) is 61.5. The van der Waals surface area contributed by atoms with Crippen molar-refractivity contribution >= 4 is 105 Å². The lowest BCUT2D eigenvalue weighted by Crippen LogP contribution is -2.21. The van der Waals surface area contributed by atoms with Gasteiger partial charge in [0.15, 0.2) is 23.1 Å². The van der Waals surface area contributed by atoms with Gasteiger partial charge in [0.05, 0.1) is 49.8 Å². The quantitative estimate of drug-likeness (QED) is 0.0720. The number of carbonyl (C=O) groups excluding carboxylic acids is 7. The molecule has 448 valence electrons. The molecule has 0 radical (unpaired) electrons. The summed E-state index contributed by atoms with van der Waals surface area (Å²) in [5.74, 6) is -0.848. The third-order valence-corrected chi connectivity index (χ3v) is 20.5. The van der Waals surface area contributed by atoms with Gasteiger partial charge in [-0.2, -0.15) is 15.3 Å². The van der Waals surface area contributed by atoms with Crippen molar-refractivity contribution in [3.63, 3.8) is 0 Å². The Kier molecular flexibility index (Phi) is 19.6. The molecule has 3 saturated carbocycles. The molecule has 6 aromatic heterocycles. The van der Waals surface area contributed by atoms with E-state index in [0.717, 1.165) is 91.9 Å². The number of ketones is 5. The molecule has 6 heterocycles. The number of aromatic nitrogens is 6. The van der Waals surface area contributed by atoms with Crippen LogP contribution in [0.3, 0.4) is 0 Å². The van der Waals surface area contributed by atoms with Crippen molar-refractivity contribution < 1.29 is 33.6 Å². The number of Topliss-reactive ketones (excluding diaryl/α,β-unsaturated/α-hetero) is 5. The third kappa shape index (κ3) is 14.0. The van der Waals surface area contributed by atoms with Gasteiger partial charge in [0.25, 0.3) is 11.8 Å². The summed E-state index contributed by atoms with van der Waals surface area (Å²) in [5, 5.41) is 20.2. The van der Waals surface area contributed by atoms with E-state index in [4.69, 9.17) is 15.3 Å². The van der Waals surface area contributed by atoms with Crippen LogP contribution in [0.1, 0.15) is 215 Å². The number of benzene rings is 3. The second-order valence-corrected chi connectivity index (χ2v) is 26.6. The molecule has 0 aliphatic heterocycles. The second kappa shape index (κ2) is 27.4. The van der Waals surface area contributed by atoms with Crippen molar-refractivity contribution in [1.29, 1.82) is 0 Å². The fourth-order valence-electron chi connectivity index (χ4n) is 12.1. The molecule has 18 heteroatoms. The number of fused-ring (bicyclic) bond motifs is 3. The van der Waals surface area contributed by atoms with Gasteiger partial charge < -0.3 is 10.2 Å². The summed E-state index contributed by atoms with van der Waals surface area (Å²) in [6.07, 6.45) is 19.4. The van der Waals surface area contributed by atoms with Crippen LogP contribution in [-0.4, -0.2) is 96.1 Å². The first-order chi connectivity index (χ1) is 41.4. The molecule has 3 aromatic carbocycles. The van der Waals surface area contributed by atoms with Gasteiger partial charge in [0.1, 0.15) is 14.5 Å². The summed E-state index contributed by atoms with van der Waals surface area (Å²) in [6, 6.07) is 28.6. The van der Waals surface area contributed by atoms with Crippen molar-refractivity contribution in [2.45, 2.75) is 161 Å². The Bertz CT molecular complexity index is 3950. The van der Waals surface area contributed by atoms with Crippen LogP contribution in [0, 0.1) is 20.8 Å². The van der Waals surface area contributed by atoms with E-state index in [9.17, 15) is 33.6 Å². The molecule has 3 aliphatic rings. The average molecular weight is 1210 g/mol. The van der Waals surface area contributed by atoms with Gasteiger partial charge in [-0.3, -0.25) is 47.6 Å². The lowest BCUT2D eigenvalue weighted by atomic mass is 9.96. The van der Waals surface area contributed by atoms with Crippen LogP contribution in [0.15, 0.2) is 91.0 Å². The monoisotopic (exact) mass is 1210 g/mol. The summed E-state index contributed by atoms with van der Waals surface area (Å²) in [6.45, 7) is 7.33. The predicted octanol–water partition coefficient (Wildman–Crippen LogP) is 14.8. The predicted molar refractivity (Wildman–Crippen MR) is 343 cm³/mol. The Morgan fingerprint density at radius 3 is 1.06 bits per heavy atom. The van der Waals surface area contributed by atoms with E-state index >= 15 is 0 Å². The molecule has 0 atom stereocenters. The number of nitrogens with one attached hydrogen (secondary N) is 1. The standard InChI is InChI=1S/C23H27N3O2S.C23H24N2O3S.C22H25N3O2S/c1-15-19-14-21(29-23(19)26(24-15)18-7-5-4-6-8-18)20(27)13-16-9-11-17(12-10-16)22(28)25(2)3;1-14-19-13-21(29-23(19)25(24-14)18-6-4-3-5-7-18)20(27)12-16-8-10-17(11-9-16)22(28)15(2)26;1-14-18-13-20(28-22(18)25(24-14)17-6-4-3-5-7-17)19(26)12-15-8-10-16(11-9-15)21(27)23-2/h9-12,14,18H,4-8,13H2,1-3H3;8-11,13,18H,3-7,12H2,1-2H3;8-11,13,17H,3-7,12H2,1-2H3,(H,23,27). The highest BCUT2D eigenvalue weighted by Gasteiger charge is 2.27. The molecule has 2 amide bonds. The van der Waals surface area contributed by atoms with Gasteiger partial charge in [-0.1, -0.05) is 106 Å². The number of hydrogen-bond acceptors (Lipinski definition) is 13. The number of hydrogen-bond donors (Lipinski definition) is 1. The molecular formula is C68H76N8O7S3. The number of rotatable bonds is 16. The smallest absolute Gasteiger partial charge is 0.253 e. The Balaban J connectivity index is 0.000000143. The van der Waals surface area contributed by atoms with E-state index in [-0.39, 0.29) is 35.6 Å². The van der Waals surface area contributed by atoms with E-state index in [1.165, 1.54) is 102 Å². The molecule has 0 spiro atoms. The fourth-order valence-corrected chi connectivity index (χ4v) is 15.6. The van der Waals surface area contributed by atoms with Gasteiger partial charge in [-0.05, 0) is 118 Å². The Hall–Kier alpha value is -7.54. The maximum atomic E-state index is 12.9. The molecule has 12 rings (SSSR count). The minimum Gasteiger partial charge on any atom is -0.355 e. The van der Waals surface area contributed by atoms with Gasteiger partial charge in [-0.25, -0.2) is 0 Å². The number of aryl methyl sites for hydroxylation is 3. The topological polar surface area (TPSA) is 188 Å². The maximum Gasteiger partial charge on any atom is 0.253 e. The summed E-state index contributed by atoms with van der Waals surface area (Å²) < 4.78 is 6.49. The number of amides is 2. The molecule has 3 fully saturated rings. The first-order valence-corrected chi connectivity index (χ1v) is 32.7. The zero-order valence-electron chi connectivity index (χ0n) is 50.3. The summed E-state index contributed by atoms with van der Waals surface area (Å²) >= 11 is 4.66. The summed E-state index contributed by atoms with van der Waals surface area (Å²) in [7, 11) is 5.08. The van der Waals surface area contributed by atoms with E-state index in [1.54, 1.807) is 97.2 Å². The van der Waals surface area contributed by atoms with E-state index in [0.29, 0.717) is 47.7 Å². The lowest BCUT2D eigenvalue weighted by molar-refractivity contribution is -0.113. The average Bonchev–Trinajstić information content (AvgIpc) is 2.12. The van der Waals surface area contributed by atoms with Crippen LogP contribution in [0.2, 0.25) is 0 Å². The van der Waals surface area contributed by atoms with Gasteiger partial charge in [0.2, 0.25) is 5.78 Å². The van der Waals surface area contributed by atoms with E-state index in [2.05, 4.69) is 19.4 Å². The Morgan fingerprint density at radius 1 is 0.465 bits per heavy atom. The summed E-state index contributed by atoms with van der Waals surface area (Å²) in [4.78, 5) is 92.5. The third-order valence-electron chi connectivity index (χ3n) is 17.0. The van der Waals surface area contributed by atoms with Crippen LogP contribution in [0.5, 0.6) is 0 Å². The van der Waals surface area contributed by atoms with E-state index < -0.39 is 11.6 Å². The van der Waals surface area contributed by atoms with E-state index in [1.807, 2.05) is 63.2 Å². The maximum absolute atomic E-state index is 12.9. The molecule has 3 aliphatic carbocycles. The minimum absolute atomic E-state index is 0.0323. The van der Waals surface area contributed by atoms with Crippen molar-refractivity contribution in [3.8, 4) is 0 Å². The van der Waals surface area contributed by atoms with Crippen molar-refractivity contribution in [2.24, 2.45) is 0 Å². The number of thiophene rings is 3. The highest BCUT2D eigenvalue weighted by Crippen LogP contribution is 2.39. The highest BCUT2D eigenvalue weighted by molar-refractivity contribution is 7.21. The van der Waals surface area contributed by atoms with Crippen molar-refractivity contribution in [2.75, 3.05) is 21.1 Å². The molecule has 15 nitrogen and oxygen atoms in total. The molecular weight excluding hydrogens is 1140 g/mol. The molecule has 1 N–H and O–H groups in total. The summed E-state index contributed by atoms with van der Waals surface area (Å²) in [5.41, 5.74) is 7.26. The normalized spacial score (nSPS) is 15.0. The minimum atomic E-state index is -0.505. The second-order valence-electron chi connectivity index (χ2n) is 23.5. The number of nitrogens with zero attached hydrogens (tertiary/aromatic N) is 7. The van der Waals surface area contributed by atoms with Crippen LogP contribution in [0.25, 0.3) is 30.6 Å². The van der Waals surface area contributed by atoms with Gasteiger partial charge in [-0.15, -0.1) is 34.0 Å². The molecule has 0 saturated heterocycles. The van der Waals surface area contributed by atoms with Gasteiger partial charge >= 0.3 is 0 Å². The Labute approximate surface area is 514 Å². The molecule has 9 aromatic rings. The highest BCUT2D eigenvalue weighted by atomic mass is 32.1. The van der Waals surface area contributed by atoms with Gasteiger partial charge in [0, 0.05) is 80.2 Å². The number of carbonyl (C=O) groups is 7. The zero-order valence-corrected chi connectivity index (χ0v) is 52.8. The molecule has 86 heavy (non-hydrogen) atoms. The SMILES string of the molecule is CC(=O)C(=O)c1ccc(CC(=O)c2cc3c(C)nn(C4CCCCC4)c3s2)cc1.CNC(=O)c1ccc(CC(=O)c2cc3c(C)nn(C4CCCCC4)c3s2)cc1.Cc1nn(C2CCCCC2)c2sc(C(=O)Cc3ccc(C(=O)N(C)C)cc3)cc12. The van der Waals surface area contributed by atoms with Crippen LogP contribution < -0.4 is 5.32 Å². The zero-order chi connectivity index (χ0) is 60.8. The van der Waals surface area contributed by atoms with Crippen molar-refractivity contribution in [3.05, 3.63) is 156 Å². The largest absolute Gasteiger partial charge is 0.355 e. The lowest BCUT2D eigenvalue weighted by Gasteiger charge is -2.22. The molecule has 0 bridgehead atoms. The fraction of sp³-hybridized carbons (Fsp3) is 0.412. The van der Waals surface area contributed by atoms with Crippen LogP contribution in [0.4, 0.5) is 0 Å². The molecule has 0 unspecified atom stereocenters.